The third kappa shape index (κ3) is 3.17. The van der Waals surface area contributed by atoms with Gasteiger partial charge in [-0.3, -0.25) is 4.79 Å². The topological polar surface area (TPSA) is 17.1 Å². The van der Waals surface area contributed by atoms with Crippen LogP contribution in [0.1, 0.15) is 25.7 Å². The Morgan fingerprint density at radius 2 is 1.73 bits per heavy atom. The van der Waals surface area contributed by atoms with Gasteiger partial charge in [-0.25, -0.2) is 0 Å². The molecule has 0 aromatic heterocycles. The Morgan fingerprint density at radius 1 is 1.00 bits per heavy atom. The average molecular weight is 150 g/mol. The summed E-state index contributed by atoms with van der Waals surface area (Å²) >= 11 is 0. The molecule has 0 N–H and O–H groups in total. The van der Waals surface area contributed by atoms with Crippen molar-refractivity contribution < 1.29 is 4.79 Å². The first-order chi connectivity index (χ1) is 5.43. The second-order valence-electron chi connectivity index (χ2n) is 2.95. The molecule has 0 saturated heterocycles. The molecule has 1 heteroatoms. The molecule has 1 rings (SSSR count). The Labute approximate surface area is 67.8 Å². The van der Waals surface area contributed by atoms with Crippen molar-refractivity contribution in [1.29, 1.82) is 0 Å². The maximum absolute atomic E-state index is 9.88. The summed E-state index contributed by atoms with van der Waals surface area (Å²) in [4.78, 5) is 9.88. The van der Waals surface area contributed by atoms with Crippen molar-refractivity contribution >= 4 is 6.29 Å². The molecule has 0 aromatic rings. The van der Waals surface area contributed by atoms with Crippen LogP contribution in [0.3, 0.4) is 0 Å². The van der Waals surface area contributed by atoms with Crippen molar-refractivity contribution in [1.82, 2.24) is 0 Å². The largest absolute Gasteiger partial charge is 0.299 e. The number of hydrogen-bond acceptors (Lipinski definition) is 1. The van der Waals surface area contributed by atoms with Crippen LogP contribution in [0.5, 0.6) is 0 Å². The highest BCUT2D eigenvalue weighted by Crippen LogP contribution is 2.25. The molecule has 0 heterocycles. The summed E-state index contributed by atoms with van der Waals surface area (Å²) in [6, 6.07) is 0. The summed E-state index contributed by atoms with van der Waals surface area (Å²) in [5.74, 6) is 0.770. The van der Waals surface area contributed by atoms with Crippen LogP contribution in [-0.2, 0) is 4.79 Å². The first-order valence-corrected chi connectivity index (χ1v) is 4.22. The summed E-state index contributed by atoms with van der Waals surface area (Å²) in [6.45, 7) is 0. The van der Waals surface area contributed by atoms with E-state index in [4.69, 9.17) is 0 Å². The molecular weight excluding hydrogens is 136 g/mol. The molecule has 0 aromatic carbocycles. The SMILES string of the molecule is O=C/C=C/C=C/C1CCCC1. The van der Waals surface area contributed by atoms with Gasteiger partial charge >= 0.3 is 0 Å². The molecule has 1 aliphatic rings. The zero-order valence-corrected chi connectivity index (χ0v) is 6.70. The van der Waals surface area contributed by atoms with Gasteiger partial charge in [0.25, 0.3) is 0 Å². The molecule has 1 saturated carbocycles. The molecule has 0 spiro atoms. The van der Waals surface area contributed by atoms with E-state index in [1.54, 1.807) is 6.08 Å². The highest BCUT2D eigenvalue weighted by molar-refractivity contribution is 5.65. The number of allylic oxidation sites excluding steroid dienone is 4. The smallest absolute Gasteiger partial charge is 0.142 e. The van der Waals surface area contributed by atoms with E-state index in [2.05, 4.69) is 6.08 Å². The Bertz CT molecular complexity index is 162. The van der Waals surface area contributed by atoms with E-state index >= 15 is 0 Å². The van der Waals surface area contributed by atoms with Gasteiger partial charge in [-0.05, 0) is 24.8 Å². The predicted molar refractivity (Wildman–Crippen MR) is 46.3 cm³/mol. The lowest BCUT2D eigenvalue weighted by Gasteiger charge is -1.96. The monoisotopic (exact) mass is 150 g/mol. The van der Waals surface area contributed by atoms with Crippen LogP contribution in [0.15, 0.2) is 24.3 Å². The van der Waals surface area contributed by atoms with Crippen LogP contribution in [0.25, 0.3) is 0 Å². The Hall–Kier alpha value is -0.850. The van der Waals surface area contributed by atoms with Gasteiger partial charge in [0.2, 0.25) is 0 Å². The predicted octanol–water partition coefficient (Wildman–Crippen LogP) is 2.49. The number of carbonyl (C=O) groups is 1. The zero-order valence-electron chi connectivity index (χ0n) is 6.70. The zero-order chi connectivity index (χ0) is 7.94. The molecule has 1 aliphatic carbocycles. The minimum atomic E-state index is 0.770. The quantitative estimate of drug-likeness (QED) is 0.343. The van der Waals surface area contributed by atoms with Gasteiger partial charge < -0.3 is 0 Å². The van der Waals surface area contributed by atoms with Gasteiger partial charge in [-0.1, -0.05) is 31.1 Å². The van der Waals surface area contributed by atoms with E-state index in [9.17, 15) is 4.79 Å². The van der Waals surface area contributed by atoms with E-state index in [1.165, 1.54) is 31.8 Å². The second kappa shape index (κ2) is 4.89. The van der Waals surface area contributed by atoms with Gasteiger partial charge in [-0.2, -0.15) is 0 Å². The Balaban J connectivity index is 2.22. The van der Waals surface area contributed by atoms with E-state index in [1.807, 2.05) is 6.08 Å². The Kier molecular flexibility index (Phi) is 3.67. The molecule has 0 aliphatic heterocycles. The van der Waals surface area contributed by atoms with Crippen molar-refractivity contribution in [2.24, 2.45) is 5.92 Å². The molecule has 1 fully saturated rings. The molecule has 0 bridgehead atoms. The summed E-state index contributed by atoms with van der Waals surface area (Å²) < 4.78 is 0. The number of rotatable bonds is 3. The van der Waals surface area contributed by atoms with Gasteiger partial charge in [0.1, 0.15) is 6.29 Å². The highest BCUT2D eigenvalue weighted by atomic mass is 16.1. The van der Waals surface area contributed by atoms with Crippen LogP contribution in [-0.4, -0.2) is 6.29 Å². The highest BCUT2D eigenvalue weighted by Gasteiger charge is 2.10. The number of aldehydes is 1. The fraction of sp³-hybridized carbons (Fsp3) is 0.500. The van der Waals surface area contributed by atoms with E-state index < -0.39 is 0 Å². The minimum absolute atomic E-state index is 0.770. The van der Waals surface area contributed by atoms with Crippen molar-refractivity contribution in [3.63, 3.8) is 0 Å². The van der Waals surface area contributed by atoms with Gasteiger partial charge in [0.05, 0.1) is 0 Å². The van der Waals surface area contributed by atoms with Crippen molar-refractivity contribution in [2.75, 3.05) is 0 Å². The molecule has 0 amide bonds. The lowest BCUT2D eigenvalue weighted by atomic mass is 10.1. The third-order valence-electron chi connectivity index (χ3n) is 2.08. The first kappa shape index (κ1) is 8.25. The first-order valence-electron chi connectivity index (χ1n) is 4.22. The van der Waals surface area contributed by atoms with Gasteiger partial charge in [-0.15, -0.1) is 0 Å². The molecule has 0 unspecified atom stereocenters. The standard InChI is InChI=1S/C10H14O/c11-9-5-1-2-6-10-7-3-4-8-10/h1-2,5-6,9-10H,3-4,7-8H2/b5-1+,6-2+. The maximum atomic E-state index is 9.88. The second-order valence-corrected chi connectivity index (χ2v) is 2.95. The minimum Gasteiger partial charge on any atom is -0.299 e. The van der Waals surface area contributed by atoms with E-state index in [0.29, 0.717) is 0 Å². The average Bonchev–Trinajstić information content (AvgIpc) is 2.50. The summed E-state index contributed by atoms with van der Waals surface area (Å²) in [5, 5.41) is 0. The maximum Gasteiger partial charge on any atom is 0.142 e. The van der Waals surface area contributed by atoms with Crippen LogP contribution in [0.2, 0.25) is 0 Å². The number of hydrogen-bond donors (Lipinski definition) is 0. The van der Waals surface area contributed by atoms with Gasteiger partial charge in [0, 0.05) is 0 Å². The van der Waals surface area contributed by atoms with Crippen LogP contribution in [0, 0.1) is 5.92 Å². The molecule has 11 heavy (non-hydrogen) atoms. The lowest BCUT2D eigenvalue weighted by Crippen LogP contribution is -1.83. The molecule has 0 atom stereocenters. The van der Waals surface area contributed by atoms with Crippen LogP contribution in [0.4, 0.5) is 0 Å². The summed E-state index contributed by atoms with van der Waals surface area (Å²) in [7, 11) is 0. The molecule has 1 nitrogen and oxygen atoms in total. The van der Waals surface area contributed by atoms with Crippen LogP contribution < -0.4 is 0 Å². The third-order valence-corrected chi connectivity index (χ3v) is 2.08. The van der Waals surface area contributed by atoms with E-state index in [0.717, 1.165) is 12.2 Å². The van der Waals surface area contributed by atoms with Crippen molar-refractivity contribution in [3.8, 4) is 0 Å². The summed E-state index contributed by atoms with van der Waals surface area (Å²) in [5.41, 5.74) is 0. The van der Waals surface area contributed by atoms with E-state index in [-0.39, 0.29) is 0 Å². The number of carbonyl (C=O) groups excluding carboxylic acids is 1. The van der Waals surface area contributed by atoms with Crippen molar-refractivity contribution in [2.45, 2.75) is 25.7 Å². The molecule has 0 radical (unpaired) electrons. The lowest BCUT2D eigenvalue weighted by molar-refractivity contribution is -0.104. The fourth-order valence-electron chi connectivity index (χ4n) is 1.48. The normalized spacial score (nSPS) is 20.4. The molecule has 60 valence electrons. The van der Waals surface area contributed by atoms with Crippen molar-refractivity contribution in [3.05, 3.63) is 24.3 Å². The fourth-order valence-corrected chi connectivity index (χ4v) is 1.48. The Morgan fingerprint density at radius 3 is 2.36 bits per heavy atom. The summed E-state index contributed by atoms with van der Waals surface area (Å²) in [6.07, 6.45) is 13.7. The van der Waals surface area contributed by atoms with Crippen LogP contribution >= 0.6 is 0 Å². The van der Waals surface area contributed by atoms with Gasteiger partial charge in [0.15, 0.2) is 0 Å². The molecular formula is C10H14O.